The van der Waals surface area contributed by atoms with Crippen molar-refractivity contribution in [3.8, 4) is 6.07 Å². The molecule has 0 amide bonds. The highest BCUT2D eigenvalue weighted by molar-refractivity contribution is 7.92. The van der Waals surface area contributed by atoms with Crippen LogP contribution in [0.25, 0.3) is 11.0 Å². The van der Waals surface area contributed by atoms with Crippen LogP contribution in [0, 0.1) is 11.3 Å². The average Bonchev–Trinajstić information content (AvgIpc) is 3.21. The van der Waals surface area contributed by atoms with E-state index < -0.39 is 15.8 Å². The van der Waals surface area contributed by atoms with E-state index in [9.17, 15) is 13.2 Å². The normalized spacial score (nSPS) is 11.5. The topological polar surface area (TPSA) is 144 Å². The van der Waals surface area contributed by atoms with E-state index in [2.05, 4.69) is 14.7 Å². The Labute approximate surface area is 200 Å². The third-order valence-electron chi connectivity index (χ3n) is 5.22. The van der Waals surface area contributed by atoms with Gasteiger partial charge in [0.2, 0.25) is 0 Å². The Hall–Kier alpha value is -3.94. The number of aromatic nitrogens is 3. The number of nitrogens with one attached hydrogen (secondary N) is 1. The first kappa shape index (κ1) is 23.2. The predicted octanol–water partition coefficient (Wildman–Crippen LogP) is 4.15. The molecule has 0 bridgehead atoms. The van der Waals surface area contributed by atoms with Crippen molar-refractivity contribution < 1.29 is 13.2 Å². The number of sulfonamides is 1. The maximum atomic E-state index is 13.5. The van der Waals surface area contributed by atoms with Crippen molar-refractivity contribution in [2.24, 2.45) is 0 Å². The number of nitrogens with two attached hydrogens (primary N) is 1. The van der Waals surface area contributed by atoms with Gasteiger partial charge in [0.05, 0.1) is 38.2 Å². The van der Waals surface area contributed by atoms with Crippen molar-refractivity contribution in [1.82, 2.24) is 14.5 Å². The minimum Gasteiger partial charge on any atom is -0.383 e. The number of ketones is 1. The molecular weight excluding hydrogens is 476 g/mol. The van der Waals surface area contributed by atoms with E-state index in [4.69, 9.17) is 22.6 Å². The number of anilines is 2. The van der Waals surface area contributed by atoms with Crippen molar-refractivity contribution in [2.45, 2.75) is 24.8 Å². The minimum absolute atomic E-state index is 0.000567. The zero-order valence-electron chi connectivity index (χ0n) is 18.2. The predicted molar refractivity (Wildman–Crippen MR) is 129 cm³/mol. The van der Waals surface area contributed by atoms with Gasteiger partial charge in [0.1, 0.15) is 17.8 Å². The maximum Gasteiger partial charge on any atom is 0.261 e. The number of rotatable bonds is 6. The number of halogens is 1. The van der Waals surface area contributed by atoms with Crippen molar-refractivity contribution in [3.63, 3.8) is 0 Å². The number of nitriles is 1. The van der Waals surface area contributed by atoms with Crippen LogP contribution in [0.5, 0.6) is 0 Å². The van der Waals surface area contributed by atoms with Crippen LogP contribution in [0.3, 0.4) is 0 Å². The van der Waals surface area contributed by atoms with Gasteiger partial charge in [0.25, 0.3) is 10.0 Å². The third-order valence-corrected chi connectivity index (χ3v) is 7.01. The molecule has 0 saturated carbocycles. The van der Waals surface area contributed by atoms with E-state index >= 15 is 0 Å². The van der Waals surface area contributed by atoms with Gasteiger partial charge in [-0.1, -0.05) is 17.7 Å². The van der Waals surface area contributed by atoms with Gasteiger partial charge in [-0.3, -0.25) is 9.52 Å². The van der Waals surface area contributed by atoms with Gasteiger partial charge < -0.3 is 10.3 Å². The highest BCUT2D eigenvalue weighted by Crippen LogP contribution is 2.33. The second-order valence-corrected chi connectivity index (χ2v) is 9.80. The van der Waals surface area contributed by atoms with E-state index in [1.54, 1.807) is 6.20 Å². The van der Waals surface area contributed by atoms with Crippen LogP contribution in [0.15, 0.2) is 59.9 Å². The number of nitrogens with zero attached hydrogens (tertiary/aromatic N) is 4. The molecule has 0 aliphatic rings. The summed E-state index contributed by atoms with van der Waals surface area (Å²) in [6, 6.07) is 11.8. The second kappa shape index (κ2) is 8.78. The molecule has 4 rings (SSSR count). The fourth-order valence-electron chi connectivity index (χ4n) is 3.52. The quantitative estimate of drug-likeness (QED) is 0.383. The van der Waals surface area contributed by atoms with Crippen LogP contribution in [0.1, 0.15) is 41.4 Å². The highest BCUT2D eigenvalue weighted by atomic mass is 35.5. The first-order valence-electron chi connectivity index (χ1n) is 10.1. The molecule has 0 aliphatic heterocycles. The lowest BCUT2D eigenvalue weighted by atomic mass is 10.0. The molecule has 0 fully saturated rings. The van der Waals surface area contributed by atoms with Crippen LogP contribution in [0.2, 0.25) is 5.02 Å². The number of carbonyl (C=O) groups excluding carboxylic acids is 1. The average molecular weight is 495 g/mol. The van der Waals surface area contributed by atoms with Gasteiger partial charge in [-0.2, -0.15) is 5.26 Å². The summed E-state index contributed by atoms with van der Waals surface area (Å²) in [7, 11) is -4.02. The van der Waals surface area contributed by atoms with Crippen LogP contribution < -0.4 is 10.5 Å². The highest BCUT2D eigenvalue weighted by Gasteiger charge is 2.25. The van der Waals surface area contributed by atoms with Crippen molar-refractivity contribution in [2.75, 3.05) is 10.5 Å². The molecule has 4 aromatic rings. The lowest BCUT2D eigenvalue weighted by Crippen LogP contribution is -2.14. The summed E-state index contributed by atoms with van der Waals surface area (Å²) in [5.41, 5.74) is 7.29. The molecule has 0 atom stereocenters. The van der Waals surface area contributed by atoms with E-state index in [1.165, 1.54) is 48.8 Å². The molecule has 11 heteroatoms. The number of hydrogen-bond acceptors (Lipinski definition) is 7. The van der Waals surface area contributed by atoms with E-state index in [-0.39, 0.29) is 38.6 Å². The van der Waals surface area contributed by atoms with Crippen molar-refractivity contribution in [3.05, 3.63) is 76.7 Å². The Morgan fingerprint density at radius 3 is 2.50 bits per heavy atom. The first-order chi connectivity index (χ1) is 16.1. The second-order valence-electron chi connectivity index (χ2n) is 7.74. The molecule has 2 aromatic carbocycles. The van der Waals surface area contributed by atoms with Gasteiger partial charge in [0, 0.05) is 17.8 Å². The molecule has 2 aromatic heterocycles. The Morgan fingerprint density at radius 1 is 1.15 bits per heavy atom. The molecule has 34 heavy (non-hydrogen) atoms. The summed E-state index contributed by atoms with van der Waals surface area (Å²) >= 11 is 6.49. The fraction of sp³-hybridized carbons (Fsp3) is 0.130. The number of benzene rings is 2. The summed E-state index contributed by atoms with van der Waals surface area (Å²) in [4.78, 5) is 21.7. The van der Waals surface area contributed by atoms with Crippen molar-refractivity contribution in [1.29, 1.82) is 5.26 Å². The van der Waals surface area contributed by atoms with E-state index in [1.807, 2.05) is 24.5 Å². The van der Waals surface area contributed by atoms with Gasteiger partial charge in [0.15, 0.2) is 5.78 Å². The number of hydrogen-bond donors (Lipinski definition) is 2. The third kappa shape index (κ3) is 4.07. The number of fused-ring (bicyclic) bond motifs is 1. The summed E-state index contributed by atoms with van der Waals surface area (Å²) in [5.74, 6) is -0.295. The lowest BCUT2D eigenvalue weighted by Gasteiger charge is -2.12. The van der Waals surface area contributed by atoms with Gasteiger partial charge >= 0.3 is 0 Å². The van der Waals surface area contributed by atoms with Gasteiger partial charge in [-0.05, 0) is 50.2 Å². The smallest absolute Gasteiger partial charge is 0.261 e. The zero-order valence-corrected chi connectivity index (χ0v) is 19.7. The largest absolute Gasteiger partial charge is 0.383 e. The van der Waals surface area contributed by atoms with E-state index in [0.717, 1.165) is 0 Å². The summed E-state index contributed by atoms with van der Waals surface area (Å²) in [6.07, 6.45) is 2.98. The molecule has 0 radical (unpaired) electrons. The van der Waals surface area contributed by atoms with Gasteiger partial charge in [-0.15, -0.1) is 0 Å². The molecule has 0 aliphatic carbocycles. The first-order valence-corrected chi connectivity index (χ1v) is 12.0. The van der Waals surface area contributed by atoms with Crippen LogP contribution in [-0.4, -0.2) is 28.7 Å². The Balaban J connectivity index is 1.76. The molecule has 3 N–H and O–H groups in total. The zero-order chi connectivity index (χ0) is 24.6. The Bertz CT molecular complexity index is 1570. The summed E-state index contributed by atoms with van der Waals surface area (Å²) in [5, 5.41) is 9.25. The molecule has 2 heterocycles. The molecule has 0 spiro atoms. The fourth-order valence-corrected chi connectivity index (χ4v) is 4.90. The molecule has 0 unspecified atom stereocenters. The van der Waals surface area contributed by atoms with E-state index in [0.29, 0.717) is 16.6 Å². The number of nitrogen functional groups attached to an aromatic ring is 1. The van der Waals surface area contributed by atoms with Crippen molar-refractivity contribution >= 4 is 49.9 Å². The Kier molecular flexibility index (Phi) is 6.00. The molecule has 9 nitrogen and oxygen atoms in total. The maximum absolute atomic E-state index is 13.5. The molecule has 172 valence electrons. The minimum atomic E-state index is -4.02. The van der Waals surface area contributed by atoms with Gasteiger partial charge in [-0.25, -0.2) is 18.4 Å². The SMILES string of the molecule is CC(C)n1cc(C(=O)c2cccc(NS(=O)(=O)c3ccc(C#N)cc3)c2Cl)c2c(N)ncnc21. The van der Waals surface area contributed by atoms with Crippen LogP contribution >= 0.6 is 11.6 Å². The molecular formula is C23H19ClN6O3S. The summed E-state index contributed by atoms with van der Waals surface area (Å²) < 4.78 is 29.9. The standard InChI is InChI=1S/C23H19ClN6O3S/c1-13(2)30-11-17(19-22(26)27-12-28-23(19)30)21(31)16-4-3-5-18(20(16)24)29-34(32,33)15-8-6-14(10-25)7-9-15/h3-9,11-13,29H,1-2H3,(H2,26,27,28). The summed E-state index contributed by atoms with van der Waals surface area (Å²) in [6.45, 7) is 3.88. The molecule has 0 saturated heterocycles. The number of carbonyl (C=O) groups is 1. The monoisotopic (exact) mass is 494 g/mol. The lowest BCUT2D eigenvalue weighted by molar-refractivity contribution is 0.104. The van der Waals surface area contributed by atoms with Crippen LogP contribution in [-0.2, 0) is 10.0 Å². The Morgan fingerprint density at radius 2 is 1.85 bits per heavy atom. The van der Waals surface area contributed by atoms with Crippen LogP contribution in [0.4, 0.5) is 11.5 Å².